The van der Waals surface area contributed by atoms with Crippen LogP contribution in [0.15, 0.2) is 42.5 Å². The highest BCUT2D eigenvalue weighted by atomic mass is 19.4. The molecule has 0 unspecified atom stereocenters. The summed E-state index contributed by atoms with van der Waals surface area (Å²) in [6.45, 7) is 0. The number of imide groups is 1. The minimum absolute atomic E-state index is 0.0180. The van der Waals surface area contributed by atoms with Crippen LogP contribution in [0.4, 0.5) is 17.6 Å². The van der Waals surface area contributed by atoms with E-state index in [1.54, 1.807) is 0 Å². The zero-order valence-corrected chi connectivity index (χ0v) is 12.1. The van der Waals surface area contributed by atoms with Crippen molar-refractivity contribution in [3.05, 3.63) is 70.5 Å². The molecule has 1 heterocycles. The molecule has 0 radical (unpaired) electrons. The van der Waals surface area contributed by atoms with Gasteiger partial charge in [-0.25, -0.2) is 9.18 Å². The van der Waals surface area contributed by atoms with Crippen LogP contribution < -0.4 is 0 Å². The van der Waals surface area contributed by atoms with E-state index in [4.69, 9.17) is 0 Å². The van der Waals surface area contributed by atoms with Crippen LogP contribution in [0, 0.1) is 5.82 Å². The van der Waals surface area contributed by atoms with Crippen LogP contribution in [0.1, 0.15) is 36.6 Å². The molecule has 0 saturated heterocycles. The fourth-order valence-electron chi connectivity index (χ4n) is 2.26. The predicted octanol–water partition coefficient (Wildman–Crippen LogP) is 3.21. The molecule has 9 heteroatoms. The van der Waals surface area contributed by atoms with Crippen LogP contribution in [0.2, 0.25) is 0 Å². The number of hydrogen-bond donors (Lipinski definition) is 0. The number of benzene rings is 2. The fraction of sp³-hybridized carbons (Fsp3) is 0.0625. The molecular formula is C16H7F4NO4. The van der Waals surface area contributed by atoms with Gasteiger partial charge in [0.05, 0.1) is 22.3 Å². The number of rotatable bonds is 2. The number of alkyl halides is 3. The molecular weight excluding hydrogens is 346 g/mol. The number of nitrogens with zero attached hydrogens (tertiary/aromatic N) is 1. The number of amides is 2. The van der Waals surface area contributed by atoms with Crippen molar-refractivity contribution >= 4 is 17.8 Å². The molecule has 5 nitrogen and oxygen atoms in total. The van der Waals surface area contributed by atoms with E-state index < -0.39 is 40.9 Å². The average molecular weight is 353 g/mol. The van der Waals surface area contributed by atoms with Crippen molar-refractivity contribution in [1.82, 2.24) is 5.06 Å². The molecule has 2 aromatic rings. The molecule has 0 bridgehead atoms. The molecule has 0 atom stereocenters. The highest BCUT2D eigenvalue weighted by Crippen LogP contribution is 2.31. The van der Waals surface area contributed by atoms with E-state index in [-0.39, 0.29) is 22.3 Å². The molecule has 1 aliphatic heterocycles. The van der Waals surface area contributed by atoms with Crippen molar-refractivity contribution in [2.24, 2.45) is 0 Å². The van der Waals surface area contributed by atoms with Gasteiger partial charge < -0.3 is 4.84 Å². The maximum Gasteiger partial charge on any atom is 0.416 e. The first-order valence-corrected chi connectivity index (χ1v) is 6.76. The van der Waals surface area contributed by atoms with E-state index in [0.29, 0.717) is 12.1 Å². The van der Waals surface area contributed by atoms with Gasteiger partial charge in [0.15, 0.2) is 0 Å². The molecule has 0 aromatic heterocycles. The Hall–Kier alpha value is -3.23. The molecule has 1 aliphatic rings. The Morgan fingerprint density at radius 1 is 0.960 bits per heavy atom. The zero-order valence-electron chi connectivity index (χ0n) is 12.1. The first kappa shape index (κ1) is 16.6. The minimum Gasteiger partial charge on any atom is -0.324 e. The quantitative estimate of drug-likeness (QED) is 0.614. The number of carbonyl (C=O) groups excluding carboxylic acids is 3. The molecule has 0 N–H and O–H groups in total. The molecule has 3 rings (SSSR count). The van der Waals surface area contributed by atoms with Gasteiger partial charge >= 0.3 is 12.1 Å². The maximum atomic E-state index is 13.3. The zero-order chi connectivity index (χ0) is 18.4. The van der Waals surface area contributed by atoms with Crippen LogP contribution in [0.3, 0.4) is 0 Å². The SMILES string of the molecule is O=C(ON1C(=O)c2ccccc2C1=O)c1cc(F)cc(C(F)(F)F)c1. The van der Waals surface area contributed by atoms with Gasteiger partial charge in [-0.05, 0) is 30.3 Å². The Bertz CT molecular complexity index is 872. The van der Waals surface area contributed by atoms with E-state index >= 15 is 0 Å². The van der Waals surface area contributed by atoms with Crippen molar-refractivity contribution in [2.75, 3.05) is 0 Å². The monoisotopic (exact) mass is 353 g/mol. The van der Waals surface area contributed by atoms with Crippen LogP contribution in [-0.2, 0) is 11.0 Å². The summed E-state index contributed by atoms with van der Waals surface area (Å²) in [6, 6.07) is 6.70. The Morgan fingerprint density at radius 2 is 1.52 bits per heavy atom. The lowest BCUT2D eigenvalue weighted by atomic mass is 10.1. The third-order valence-corrected chi connectivity index (χ3v) is 3.39. The Balaban J connectivity index is 1.88. The van der Waals surface area contributed by atoms with Crippen molar-refractivity contribution in [1.29, 1.82) is 0 Å². The first-order chi connectivity index (χ1) is 11.7. The maximum absolute atomic E-state index is 13.3. The van der Waals surface area contributed by atoms with E-state index in [9.17, 15) is 31.9 Å². The van der Waals surface area contributed by atoms with Crippen LogP contribution >= 0.6 is 0 Å². The molecule has 128 valence electrons. The summed E-state index contributed by atoms with van der Waals surface area (Å²) in [7, 11) is 0. The standard InChI is InChI=1S/C16H7F4NO4/c17-10-6-8(5-9(7-10)16(18,19)20)15(24)25-21-13(22)11-3-1-2-4-12(11)14(21)23/h1-7H. The lowest BCUT2D eigenvalue weighted by molar-refractivity contribution is -0.137. The molecule has 0 aliphatic carbocycles. The Morgan fingerprint density at radius 3 is 2.04 bits per heavy atom. The second-order valence-corrected chi connectivity index (χ2v) is 5.06. The lowest BCUT2D eigenvalue weighted by Crippen LogP contribution is -2.32. The minimum atomic E-state index is -4.88. The number of halogens is 4. The van der Waals surface area contributed by atoms with E-state index in [1.807, 2.05) is 0 Å². The molecule has 0 spiro atoms. The summed E-state index contributed by atoms with van der Waals surface area (Å²) < 4.78 is 51.4. The number of fused-ring (bicyclic) bond motifs is 1. The average Bonchev–Trinajstić information content (AvgIpc) is 2.79. The first-order valence-electron chi connectivity index (χ1n) is 6.76. The number of carbonyl (C=O) groups is 3. The number of hydrogen-bond acceptors (Lipinski definition) is 4. The van der Waals surface area contributed by atoms with Crippen LogP contribution in [0.25, 0.3) is 0 Å². The summed E-state index contributed by atoms with van der Waals surface area (Å²) in [4.78, 5) is 40.6. The highest BCUT2D eigenvalue weighted by molar-refractivity contribution is 6.21. The molecule has 0 saturated carbocycles. The van der Waals surface area contributed by atoms with Gasteiger partial charge in [-0.1, -0.05) is 17.2 Å². The Labute approximate surface area is 137 Å². The van der Waals surface area contributed by atoms with Crippen molar-refractivity contribution < 1.29 is 36.8 Å². The summed E-state index contributed by atoms with van der Waals surface area (Å²) in [6.07, 6.45) is -4.88. The molecule has 2 aromatic carbocycles. The highest BCUT2D eigenvalue weighted by Gasteiger charge is 2.39. The van der Waals surface area contributed by atoms with Gasteiger partial charge in [0, 0.05) is 0 Å². The number of hydroxylamine groups is 2. The van der Waals surface area contributed by atoms with Gasteiger partial charge in [0.25, 0.3) is 11.8 Å². The van der Waals surface area contributed by atoms with Gasteiger partial charge in [-0.3, -0.25) is 9.59 Å². The lowest BCUT2D eigenvalue weighted by Gasteiger charge is -2.13. The molecule has 2 amide bonds. The topological polar surface area (TPSA) is 63.7 Å². The van der Waals surface area contributed by atoms with Gasteiger partial charge in [0.2, 0.25) is 0 Å². The van der Waals surface area contributed by atoms with E-state index in [1.165, 1.54) is 24.3 Å². The predicted molar refractivity (Wildman–Crippen MR) is 73.8 cm³/mol. The summed E-state index contributed by atoms with van der Waals surface area (Å²) in [5, 5.41) is 0.130. The van der Waals surface area contributed by atoms with Gasteiger partial charge in [0.1, 0.15) is 5.82 Å². The molecule has 25 heavy (non-hydrogen) atoms. The van der Waals surface area contributed by atoms with E-state index in [0.717, 1.165) is 0 Å². The summed E-state index contributed by atoms with van der Waals surface area (Å²) in [5.74, 6) is -4.67. The summed E-state index contributed by atoms with van der Waals surface area (Å²) in [5.41, 5.74) is -2.23. The van der Waals surface area contributed by atoms with E-state index in [2.05, 4.69) is 4.84 Å². The van der Waals surface area contributed by atoms with Gasteiger partial charge in [-0.15, -0.1) is 0 Å². The second kappa shape index (κ2) is 5.69. The third kappa shape index (κ3) is 2.95. The van der Waals surface area contributed by atoms with Crippen LogP contribution in [0.5, 0.6) is 0 Å². The summed E-state index contributed by atoms with van der Waals surface area (Å²) >= 11 is 0. The largest absolute Gasteiger partial charge is 0.416 e. The molecule has 0 fully saturated rings. The smallest absolute Gasteiger partial charge is 0.324 e. The normalized spacial score (nSPS) is 13.8. The van der Waals surface area contributed by atoms with Crippen molar-refractivity contribution in [2.45, 2.75) is 6.18 Å². The van der Waals surface area contributed by atoms with Crippen molar-refractivity contribution in [3.8, 4) is 0 Å². The second-order valence-electron chi connectivity index (χ2n) is 5.06. The fourth-order valence-corrected chi connectivity index (χ4v) is 2.26. The van der Waals surface area contributed by atoms with Crippen molar-refractivity contribution in [3.63, 3.8) is 0 Å². The Kier molecular flexibility index (Phi) is 3.78. The third-order valence-electron chi connectivity index (χ3n) is 3.39. The van der Waals surface area contributed by atoms with Gasteiger partial charge in [-0.2, -0.15) is 13.2 Å². The van der Waals surface area contributed by atoms with Crippen LogP contribution in [-0.4, -0.2) is 22.8 Å².